The Morgan fingerprint density at radius 2 is 2.00 bits per heavy atom. The first-order valence-electron chi connectivity index (χ1n) is 5.19. The van der Waals surface area contributed by atoms with Crippen molar-refractivity contribution in [1.82, 2.24) is 4.72 Å². The smallest absolute Gasteiger partial charge is 0.211 e. The molecule has 0 aliphatic heterocycles. The number of aliphatic hydroxyl groups is 1. The van der Waals surface area contributed by atoms with Crippen molar-refractivity contribution in [3.05, 3.63) is 0 Å². The second-order valence-corrected chi connectivity index (χ2v) is 6.48. The lowest BCUT2D eigenvalue weighted by molar-refractivity contribution is -0.0270. The molecule has 4 nitrogen and oxygen atoms in total. The molecular formula is C9H17NO3S. The highest BCUT2D eigenvalue weighted by molar-refractivity contribution is 7.89. The van der Waals surface area contributed by atoms with Crippen LogP contribution in [-0.4, -0.2) is 31.4 Å². The Bertz CT molecular complexity index is 304. The minimum Gasteiger partial charge on any atom is -0.389 e. The first-order valence-corrected chi connectivity index (χ1v) is 6.84. The molecule has 0 aromatic rings. The highest BCUT2D eigenvalue weighted by Crippen LogP contribution is 2.32. The van der Waals surface area contributed by atoms with E-state index in [1.165, 1.54) is 0 Å². The van der Waals surface area contributed by atoms with Crippen LogP contribution in [0.3, 0.4) is 0 Å². The van der Waals surface area contributed by atoms with Crippen LogP contribution in [0.5, 0.6) is 0 Å². The summed E-state index contributed by atoms with van der Waals surface area (Å²) in [6.45, 7) is 0.196. The highest BCUT2D eigenvalue weighted by Gasteiger charge is 2.36. The SMILES string of the molecule is O=S(=O)(CC1CC1)NCC1(O)CCC1. The number of sulfonamides is 1. The summed E-state index contributed by atoms with van der Waals surface area (Å²) in [5.41, 5.74) is -0.753. The third-order valence-electron chi connectivity index (χ3n) is 3.06. The molecule has 0 saturated heterocycles. The van der Waals surface area contributed by atoms with Gasteiger partial charge in [-0.15, -0.1) is 0 Å². The van der Waals surface area contributed by atoms with Crippen molar-refractivity contribution in [2.24, 2.45) is 5.92 Å². The Morgan fingerprint density at radius 1 is 1.36 bits per heavy atom. The zero-order valence-corrected chi connectivity index (χ0v) is 9.02. The van der Waals surface area contributed by atoms with Gasteiger partial charge in [0.2, 0.25) is 10.0 Å². The van der Waals surface area contributed by atoms with Crippen molar-refractivity contribution in [1.29, 1.82) is 0 Å². The number of hydrogen-bond donors (Lipinski definition) is 2. The van der Waals surface area contributed by atoms with Gasteiger partial charge in [0.1, 0.15) is 0 Å². The summed E-state index contributed by atoms with van der Waals surface area (Å²) in [5.74, 6) is 0.604. The molecule has 82 valence electrons. The van der Waals surface area contributed by atoms with E-state index < -0.39 is 15.6 Å². The van der Waals surface area contributed by atoms with E-state index in [1.807, 2.05) is 0 Å². The fourth-order valence-corrected chi connectivity index (χ4v) is 3.22. The summed E-state index contributed by atoms with van der Waals surface area (Å²) in [4.78, 5) is 0. The molecule has 0 bridgehead atoms. The Kier molecular flexibility index (Phi) is 2.57. The molecule has 0 unspecified atom stereocenters. The molecule has 14 heavy (non-hydrogen) atoms. The average Bonchev–Trinajstić information content (AvgIpc) is 2.80. The molecule has 2 saturated carbocycles. The second kappa shape index (κ2) is 3.47. The molecule has 0 aromatic heterocycles. The van der Waals surface area contributed by atoms with Crippen molar-refractivity contribution in [2.75, 3.05) is 12.3 Å². The molecular weight excluding hydrogens is 202 g/mol. The van der Waals surface area contributed by atoms with Gasteiger partial charge >= 0.3 is 0 Å². The first kappa shape index (κ1) is 10.4. The molecule has 2 N–H and O–H groups in total. The summed E-state index contributed by atoms with van der Waals surface area (Å²) in [7, 11) is -3.14. The lowest BCUT2D eigenvalue weighted by Crippen LogP contribution is -2.48. The summed E-state index contributed by atoms with van der Waals surface area (Å²) in [5, 5.41) is 9.70. The Labute approximate surface area is 84.8 Å². The minimum atomic E-state index is -3.14. The van der Waals surface area contributed by atoms with E-state index in [1.54, 1.807) is 0 Å². The molecule has 0 radical (unpaired) electrons. The Balaban J connectivity index is 1.77. The van der Waals surface area contributed by atoms with E-state index >= 15 is 0 Å². The predicted octanol–water partition coefficient (Wildman–Crippen LogP) is 0.231. The normalized spacial score (nSPS) is 25.8. The van der Waals surface area contributed by atoms with E-state index in [9.17, 15) is 13.5 Å². The van der Waals surface area contributed by atoms with Crippen molar-refractivity contribution >= 4 is 10.0 Å². The third-order valence-corrected chi connectivity index (χ3v) is 4.55. The molecule has 0 heterocycles. The maximum absolute atomic E-state index is 11.4. The Morgan fingerprint density at radius 3 is 2.43 bits per heavy atom. The monoisotopic (exact) mass is 219 g/mol. The fraction of sp³-hybridized carbons (Fsp3) is 1.00. The van der Waals surface area contributed by atoms with Gasteiger partial charge in [-0.05, 0) is 38.0 Å². The fourth-order valence-electron chi connectivity index (χ4n) is 1.66. The highest BCUT2D eigenvalue weighted by atomic mass is 32.2. The second-order valence-electron chi connectivity index (χ2n) is 4.62. The standard InChI is InChI=1S/C9H17NO3S/c11-9(4-1-5-9)7-10-14(12,13)6-8-2-3-8/h8,10-11H,1-7H2. The molecule has 0 aromatic carbocycles. The first-order chi connectivity index (χ1) is 6.49. The van der Waals surface area contributed by atoms with Crippen molar-refractivity contribution in [2.45, 2.75) is 37.7 Å². The summed E-state index contributed by atoms with van der Waals surface area (Å²) < 4.78 is 25.4. The van der Waals surface area contributed by atoms with Gasteiger partial charge < -0.3 is 5.11 Å². The van der Waals surface area contributed by atoms with Gasteiger partial charge in [0.05, 0.1) is 11.4 Å². The van der Waals surface area contributed by atoms with Gasteiger partial charge in [-0.1, -0.05) is 0 Å². The van der Waals surface area contributed by atoms with Crippen molar-refractivity contribution in [3.63, 3.8) is 0 Å². The molecule has 2 aliphatic carbocycles. The molecule has 0 atom stereocenters. The number of nitrogens with one attached hydrogen (secondary N) is 1. The van der Waals surface area contributed by atoms with E-state index in [-0.39, 0.29) is 12.3 Å². The van der Waals surface area contributed by atoms with Crippen LogP contribution in [0.1, 0.15) is 32.1 Å². The van der Waals surface area contributed by atoms with E-state index in [2.05, 4.69) is 4.72 Å². The maximum atomic E-state index is 11.4. The quantitative estimate of drug-likeness (QED) is 0.695. The van der Waals surface area contributed by atoms with Crippen LogP contribution in [-0.2, 0) is 10.0 Å². The van der Waals surface area contributed by atoms with Gasteiger partial charge in [-0.25, -0.2) is 13.1 Å². The van der Waals surface area contributed by atoms with Gasteiger partial charge in [0.15, 0.2) is 0 Å². The van der Waals surface area contributed by atoms with Crippen molar-refractivity contribution < 1.29 is 13.5 Å². The van der Waals surface area contributed by atoms with Crippen LogP contribution < -0.4 is 4.72 Å². The lowest BCUT2D eigenvalue weighted by Gasteiger charge is -2.36. The summed E-state index contributed by atoms with van der Waals surface area (Å²) in [6.07, 6.45) is 4.51. The zero-order chi connectivity index (χ0) is 10.2. The molecule has 2 aliphatic rings. The summed E-state index contributed by atoms with van der Waals surface area (Å²) in [6, 6.07) is 0. The number of hydrogen-bond acceptors (Lipinski definition) is 3. The van der Waals surface area contributed by atoms with Crippen molar-refractivity contribution in [3.8, 4) is 0 Å². The molecule has 2 rings (SSSR count). The molecule has 2 fully saturated rings. The lowest BCUT2D eigenvalue weighted by atomic mass is 9.81. The number of rotatable bonds is 5. The Hall–Kier alpha value is -0.130. The predicted molar refractivity (Wildman–Crippen MR) is 53.3 cm³/mol. The van der Waals surface area contributed by atoms with Crippen LogP contribution in [0, 0.1) is 5.92 Å². The van der Waals surface area contributed by atoms with Crippen LogP contribution in [0.25, 0.3) is 0 Å². The summed E-state index contributed by atoms with van der Waals surface area (Å²) >= 11 is 0. The van der Waals surface area contributed by atoms with E-state index in [0.717, 1.165) is 32.1 Å². The minimum absolute atomic E-state index is 0.196. The molecule has 0 spiro atoms. The molecule has 5 heteroatoms. The van der Waals surface area contributed by atoms with Crippen LogP contribution in [0.2, 0.25) is 0 Å². The van der Waals surface area contributed by atoms with Gasteiger partial charge in [-0.3, -0.25) is 0 Å². The topological polar surface area (TPSA) is 66.4 Å². The van der Waals surface area contributed by atoms with E-state index in [4.69, 9.17) is 0 Å². The zero-order valence-electron chi connectivity index (χ0n) is 8.20. The van der Waals surface area contributed by atoms with Gasteiger partial charge in [0, 0.05) is 6.54 Å². The largest absolute Gasteiger partial charge is 0.389 e. The third kappa shape index (κ3) is 2.68. The van der Waals surface area contributed by atoms with Gasteiger partial charge in [0.25, 0.3) is 0 Å². The maximum Gasteiger partial charge on any atom is 0.211 e. The van der Waals surface area contributed by atoms with E-state index in [0.29, 0.717) is 5.92 Å². The van der Waals surface area contributed by atoms with Gasteiger partial charge in [-0.2, -0.15) is 0 Å². The molecule has 0 amide bonds. The van der Waals surface area contributed by atoms with Crippen LogP contribution in [0.4, 0.5) is 0 Å². The average molecular weight is 219 g/mol. The van der Waals surface area contributed by atoms with Crippen LogP contribution >= 0.6 is 0 Å². The van der Waals surface area contributed by atoms with Crippen LogP contribution in [0.15, 0.2) is 0 Å².